The normalized spacial score (nSPS) is 12.8. The van der Waals surface area contributed by atoms with Gasteiger partial charge in [0, 0.05) is 6.04 Å². The maximum atomic E-state index is 4.22. The van der Waals surface area contributed by atoms with Crippen LogP contribution in [0.25, 0.3) is 0 Å². The third kappa shape index (κ3) is 6.31. The Hall–Kier alpha value is -0.480. The summed E-state index contributed by atoms with van der Waals surface area (Å²) in [5.74, 6) is 0. The average Bonchev–Trinajstić information content (AvgIpc) is 2.94. The minimum Gasteiger partial charge on any atom is -0.312 e. The van der Waals surface area contributed by atoms with Crippen molar-refractivity contribution in [2.75, 3.05) is 7.05 Å². The highest BCUT2D eigenvalue weighted by Crippen LogP contribution is 2.25. The molecule has 0 aromatic carbocycles. The fourth-order valence-corrected chi connectivity index (χ4v) is 3.50. The molecule has 0 aliphatic carbocycles. The summed E-state index contributed by atoms with van der Waals surface area (Å²) >= 11 is 1.56. The van der Waals surface area contributed by atoms with Crippen molar-refractivity contribution >= 4 is 11.5 Å². The van der Waals surface area contributed by atoms with E-state index in [0.29, 0.717) is 6.04 Å². The summed E-state index contributed by atoms with van der Waals surface area (Å²) in [7, 11) is 2.05. The van der Waals surface area contributed by atoms with Crippen molar-refractivity contribution in [2.45, 2.75) is 84.1 Å². The zero-order valence-electron chi connectivity index (χ0n) is 13.5. The van der Waals surface area contributed by atoms with E-state index in [1.165, 1.54) is 68.4 Å². The molecule has 1 N–H and O–H groups in total. The van der Waals surface area contributed by atoms with Crippen molar-refractivity contribution in [1.29, 1.82) is 0 Å². The fourth-order valence-electron chi connectivity index (χ4n) is 2.61. The Kier molecular flexibility index (Phi) is 9.85. The van der Waals surface area contributed by atoms with Crippen LogP contribution in [-0.4, -0.2) is 16.6 Å². The predicted molar refractivity (Wildman–Crippen MR) is 88.3 cm³/mol. The van der Waals surface area contributed by atoms with Gasteiger partial charge in [0.2, 0.25) is 0 Å². The zero-order chi connectivity index (χ0) is 14.6. The van der Waals surface area contributed by atoms with Gasteiger partial charge in [0.05, 0.1) is 10.6 Å². The first kappa shape index (κ1) is 17.6. The van der Waals surface area contributed by atoms with Gasteiger partial charge in [-0.25, -0.2) is 0 Å². The molecule has 0 bridgehead atoms. The molecule has 1 heterocycles. The van der Waals surface area contributed by atoms with E-state index in [0.717, 1.165) is 6.42 Å². The van der Waals surface area contributed by atoms with Crippen molar-refractivity contribution in [1.82, 2.24) is 14.9 Å². The molecule has 4 heteroatoms. The highest BCUT2D eigenvalue weighted by molar-refractivity contribution is 7.05. The van der Waals surface area contributed by atoms with Crippen LogP contribution in [0.4, 0.5) is 0 Å². The summed E-state index contributed by atoms with van der Waals surface area (Å²) in [5, 5.41) is 7.65. The van der Waals surface area contributed by atoms with E-state index in [2.05, 4.69) is 35.8 Å². The van der Waals surface area contributed by atoms with Crippen LogP contribution in [0, 0.1) is 0 Å². The SMILES string of the molecule is CCCCCCCCCCC(NC)c1snnc1CC. The quantitative estimate of drug-likeness (QED) is 0.558. The van der Waals surface area contributed by atoms with Crippen molar-refractivity contribution in [3.63, 3.8) is 0 Å². The fraction of sp³-hybridized carbons (Fsp3) is 0.875. The Bertz CT molecular complexity index is 338. The summed E-state index contributed by atoms with van der Waals surface area (Å²) in [6.45, 7) is 4.43. The van der Waals surface area contributed by atoms with E-state index >= 15 is 0 Å². The highest BCUT2D eigenvalue weighted by Gasteiger charge is 2.16. The molecular formula is C16H31N3S. The molecule has 1 rings (SSSR count). The van der Waals surface area contributed by atoms with Gasteiger partial charge >= 0.3 is 0 Å². The Balaban J connectivity index is 2.16. The third-order valence-corrected chi connectivity index (χ3v) is 4.81. The van der Waals surface area contributed by atoms with Crippen molar-refractivity contribution in [3.05, 3.63) is 10.6 Å². The second-order valence-electron chi connectivity index (χ2n) is 5.54. The number of unbranched alkanes of at least 4 members (excludes halogenated alkanes) is 7. The van der Waals surface area contributed by atoms with Crippen LogP contribution in [0.5, 0.6) is 0 Å². The van der Waals surface area contributed by atoms with Gasteiger partial charge in [-0.2, -0.15) is 0 Å². The summed E-state index contributed by atoms with van der Waals surface area (Å²) < 4.78 is 4.10. The molecular weight excluding hydrogens is 266 g/mol. The first-order valence-electron chi connectivity index (χ1n) is 8.31. The van der Waals surface area contributed by atoms with Crippen molar-refractivity contribution in [3.8, 4) is 0 Å². The molecule has 1 aromatic rings. The van der Waals surface area contributed by atoms with E-state index in [9.17, 15) is 0 Å². The first-order chi connectivity index (χ1) is 9.83. The topological polar surface area (TPSA) is 37.8 Å². The summed E-state index contributed by atoms with van der Waals surface area (Å²) in [4.78, 5) is 1.35. The Labute approximate surface area is 128 Å². The lowest BCUT2D eigenvalue weighted by Gasteiger charge is -2.14. The van der Waals surface area contributed by atoms with Crippen molar-refractivity contribution in [2.24, 2.45) is 0 Å². The Morgan fingerprint density at radius 1 is 1.00 bits per heavy atom. The molecule has 20 heavy (non-hydrogen) atoms. The van der Waals surface area contributed by atoms with Crippen LogP contribution in [0.2, 0.25) is 0 Å². The molecule has 0 aliphatic heterocycles. The van der Waals surface area contributed by atoms with Gasteiger partial charge in [0.15, 0.2) is 0 Å². The summed E-state index contributed by atoms with van der Waals surface area (Å²) in [6, 6.07) is 0.449. The largest absolute Gasteiger partial charge is 0.312 e. The van der Waals surface area contributed by atoms with Gasteiger partial charge in [-0.1, -0.05) is 69.7 Å². The van der Waals surface area contributed by atoms with Gasteiger partial charge in [-0.05, 0) is 31.4 Å². The van der Waals surface area contributed by atoms with Gasteiger partial charge in [0.1, 0.15) is 0 Å². The highest BCUT2D eigenvalue weighted by atomic mass is 32.1. The van der Waals surface area contributed by atoms with Crippen LogP contribution in [-0.2, 0) is 6.42 Å². The number of aromatic nitrogens is 2. The van der Waals surface area contributed by atoms with Crippen LogP contribution < -0.4 is 5.32 Å². The number of hydrogen-bond donors (Lipinski definition) is 1. The average molecular weight is 298 g/mol. The third-order valence-electron chi connectivity index (χ3n) is 3.93. The van der Waals surface area contributed by atoms with E-state index in [1.807, 2.05) is 0 Å². The smallest absolute Gasteiger partial charge is 0.0800 e. The maximum absolute atomic E-state index is 4.22. The second-order valence-corrected chi connectivity index (χ2v) is 6.33. The first-order valence-corrected chi connectivity index (χ1v) is 9.09. The monoisotopic (exact) mass is 297 g/mol. The molecule has 0 spiro atoms. The molecule has 116 valence electrons. The molecule has 0 radical (unpaired) electrons. The summed E-state index contributed by atoms with van der Waals surface area (Å²) in [6.07, 6.45) is 13.2. The Morgan fingerprint density at radius 2 is 1.65 bits per heavy atom. The van der Waals surface area contributed by atoms with Crippen molar-refractivity contribution < 1.29 is 0 Å². The molecule has 0 aliphatic rings. The maximum Gasteiger partial charge on any atom is 0.0800 e. The van der Waals surface area contributed by atoms with Gasteiger partial charge in [-0.3, -0.25) is 0 Å². The van der Waals surface area contributed by atoms with Crippen LogP contribution in [0.1, 0.15) is 88.2 Å². The number of nitrogens with zero attached hydrogens (tertiary/aromatic N) is 2. The number of hydrogen-bond acceptors (Lipinski definition) is 4. The molecule has 0 saturated heterocycles. The van der Waals surface area contributed by atoms with E-state index < -0.39 is 0 Å². The lowest BCUT2D eigenvalue weighted by Crippen LogP contribution is -2.16. The van der Waals surface area contributed by atoms with E-state index in [4.69, 9.17) is 0 Å². The molecule has 1 atom stereocenters. The van der Waals surface area contributed by atoms with Gasteiger partial charge < -0.3 is 5.32 Å². The van der Waals surface area contributed by atoms with E-state index in [-0.39, 0.29) is 0 Å². The molecule has 0 saturated carbocycles. The zero-order valence-corrected chi connectivity index (χ0v) is 14.3. The van der Waals surface area contributed by atoms with E-state index in [1.54, 1.807) is 11.5 Å². The minimum absolute atomic E-state index is 0.449. The molecule has 0 fully saturated rings. The number of rotatable bonds is 12. The lowest BCUT2D eigenvalue weighted by molar-refractivity contribution is 0.496. The predicted octanol–water partition coefficient (Wildman–Crippen LogP) is 4.89. The second kappa shape index (κ2) is 11.2. The van der Waals surface area contributed by atoms with Gasteiger partial charge in [0.25, 0.3) is 0 Å². The molecule has 0 amide bonds. The molecule has 1 aromatic heterocycles. The Morgan fingerprint density at radius 3 is 2.25 bits per heavy atom. The van der Waals surface area contributed by atoms with Crippen LogP contribution in [0.3, 0.4) is 0 Å². The summed E-state index contributed by atoms with van der Waals surface area (Å²) in [5.41, 5.74) is 1.17. The molecule has 3 nitrogen and oxygen atoms in total. The van der Waals surface area contributed by atoms with Crippen LogP contribution >= 0.6 is 11.5 Å². The van der Waals surface area contributed by atoms with Crippen LogP contribution in [0.15, 0.2) is 0 Å². The number of nitrogens with one attached hydrogen (secondary N) is 1. The van der Waals surface area contributed by atoms with Gasteiger partial charge in [-0.15, -0.1) is 5.10 Å². The lowest BCUT2D eigenvalue weighted by atomic mass is 10.0. The minimum atomic E-state index is 0.449. The molecule has 1 unspecified atom stereocenters. The number of aryl methyl sites for hydroxylation is 1. The standard InChI is InChI=1S/C16H31N3S/c1-4-6-7-8-9-10-11-12-13-15(17-3)16-14(5-2)18-19-20-16/h15,17H,4-13H2,1-3H3.